The third kappa shape index (κ3) is 4.26. The highest BCUT2D eigenvalue weighted by atomic mass is 32.2. The number of hydrogen-bond acceptors (Lipinski definition) is 8. The van der Waals surface area contributed by atoms with Crippen LogP contribution in [0.15, 0.2) is 47.8 Å². The van der Waals surface area contributed by atoms with Gasteiger partial charge in [0, 0.05) is 19.3 Å². The number of aromatic nitrogens is 3. The van der Waals surface area contributed by atoms with E-state index in [1.807, 2.05) is 11.9 Å². The molecule has 0 spiro atoms. The Bertz CT molecular complexity index is 1180. The molecule has 0 bridgehead atoms. The van der Waals surface area contributed by atoms with E-state index in [0.717, 1.165) is 5.56 Å². The Kier molecular flexibility index (Phi) is 5.92. The first-order valence-corrected chi connectivity index (χ1v) is 11.7. The largest absolute Gasteiger partial charge is 0.466 e. The Hall–Kier alpha value is -2.98. The summed E-state index contributed by atoms with van der Waals surface area (Å²) in [6.45, 7) is 5.40. The molecule has 1 aliphatic rings. The molecule has 0 radical (unpaired) electrons. The molecule has 3 heterocycles. The standard InChI is InChI=1S/C21H25N5O4S/c1-3-30-21(27)16-8-11-25(12-9-16)24-19-18-10-13-26(20(18)23-14-22-19)31(28,29)17-6-4-15(2)5-7-17/h4-7,10,13-14,16H,3,8-9,11-12H2,1-2H3,(H,22,23,24). The van der Waals surface area contributed by atoms with Crippen molar-refractivity contribution in [2.45, 2.75) is 31.6 Å². The minimum atomic E-state index is -3.78. The summed E-state index contributed by atoms with van der Waals surface area (Å²) in [5.41, 5.74) is 4.54. The van der Waals surface area contributed by atoms with Crippen molar-refractivity contribution >= 4 is 32.8 Å². The van der Waals surface area contributed by atoms with E-state index in [1.165, 1.54) is 16.5 Å². The van der Waals surface area contributed by atoms with E-state index in [2.05, 4.69) is 15.4 Å². The number of rotatable bonds is 6. The number of aryl methyl sites for hydroxylation is 1. The number of nitrogens with one attached hydrogen (secondary N) is 1. The lowest BCUT2D eigenvalue weighted by Crippen LogP contribution is -2.40. The molecule has 1 N–H and O–H groups in total. The number of esters is 1. The molecule has 0 saturated carbocycles. The molecule has 10 heteroatoms. The molecule has 1 aromatic carbocycles. The first-order valence-electron chi connectivity index (χ1n) is 10.2. The van der Waals surface area contributed by atoms with Crippen LogP contribution in [0.25, 0.3) is 11.0 Å². The minimum Gasteiger partial charge on any atom is -0.466 e. The average Bonchev–Trinajstić information content (AvgIpc) is 3.21. The van der Waals surface area contributed by atoms with Crippen LogP contribution in [-0.4, -0.2) is 53.0 Å². The smallest absolute Gasteiger partial charge is 0.309 e. The van der Waals surface area contributed by atoms with Crippen LogP contribution >= 0.6 is 0 Å². The van der Waals surface area contributed by atoms with Crippen LogP contribution in [0.2, 0.25) is 0 Å². The van der Waals surface area contributed by atoms with Crippen molar-refractivity contribution in [3.8, 4) is 0 Å². The maximum atomic E-state index is 13.1. The van der Waals surface area contributed by atoms with Crippen molar-refractivity contribution in [2.75, 3.05) is 25.1 Å². The van der Waals surface area contributed by atoms with E-state index in [9.17, 15) is 13.2 Å². The second-order valence-electron chi connectivity index (χ2n) is 7.51. The van der Waals surface area contributed by atoms with Crippen molar-refractivity contribution in [3.63, 3.8) is 0 Å². The van der Waals surface area contributed by atoms with Crippen molar-refractivity contribution in [1.82, 2.24) is 18.9 Å². The summed E-state index contributed by atoms with van der Waals surface area (Å²) in [7, 11) is -3.78. The van der Waals surface area contributed by atoms with Gasteiger partial charge in [-0.1, -0.05) is 17.7 Å². The number of hydrazine groups is 1. The van der Waals surface area contributed by atoms with Gasteiger partial charge >= 0.3 is 5.97 Å². The number of hydrogen-bond donors (Lipinski definition) is 1. The number of anilines is 1. The zero-order valence-electron chi connectivity index (χ0n) is 17.5. The highest BCUT2D eigenvalue weighted by molar-refractivity contribution is 7.90. The third-order valence-corrected chi connectivity index (χ3v) is 7.09. The van der Waals surface area contributed by atoms with Gasteiger partial charge in [-0.2, -0.15) is 0 Å². The van der Waals surface area contributed by atoms with E-state index < -0.39 is 10.0 Å². The van der Waals surface area contributed by atoms with E-state index in [1.54, 1.807) is 37.3 Å². The molecule has 4 rings (SSSR count). The molecule has 0 unspecified atom stereocenters. The number of fused-ring (bicyclic) bond motifs is 1. The molecule has 9 nitrogen and oxygen atoms in total. The van der Waals surface area contributed by atoms with Gasteiger partial charge < -0.3 is 10.2 Å². The average molecular weight is 444 g/mol. The number of nitrogens with zero attached hydrogens (tertiary/aromatic N) is 4. The molecular formula is C21H25N5O4S. The normalized spacial score (nSPS) is 15.8. The molecule has 3 aromatic rings. The third-order valence-electron chi connectivity index (χ3n) is 5.40. The van der Waals surface area contributed by atoms with Crippen LogP contribution < -0.4 is 5.43 Å². The zero-order chi connectivity index (χ0) is 22.0. The van der Waals surface area contributed by atoms with Gasteiger partial charge in [-0.25, -0.2) is 27.4 Å². The SMILES string of the molecule is CCOC(=O)C1CCN(Nc2ncnc3c2ccn3S(=O)(=O)c2ccc(C)cc2)CC1. The zero-order valence-corrected chi connectivity index (χ0v) is 18.3. The van der Waals surface area contributed by atoms with Gasteiger partial charge in [-0.15, -0.1) is 0 Å². The van der Waals surface area contributed by atoms with Crippen LogP contribution in [-0.2, 0) is 19.6 Å². The lowest BCUT2D eigenvalue weighted by atomic mass is 9.98. The lowest BCUT2D eigenvalue weighted by molar-refractivity contribution is -0.149. The minimum absolute atomic E-state index is 0.0934. The van der Waals surface area contributed by atoms with E-state index in [4.69, 9.17) is 4.74 Å². The van der Waals surface area contributed by atoms with Crippen LogP contribution in [0.3, 0.4) is 0 Å². The summed E-state index contributed by atoms with van der Waals surface area (Å²) in [5, 5.41) is 2.58. The summed E-state index contributed by atoms with van der Waals surface area (Å²) in [6, 6.07) is 8.39. The van der Waals surface area contributed by atoms with Crippen LogP contribution in [0, 0.1) is 12.8 Å². The van der Waals surface area contributed by atoms with Crippen molar-refractivity contribution in [2.24, 2.45) is 5.92 Å². The Morgan fingerprint density at radius 2 is 1.87 bits per heavy atom. The monoisotopic (exact) mass is 443 g/mol. The second-order valence-corrected chi connectivity index (χ2v) is 9.33. The fraction of sp³-hybridized carbons (Fsp3) is 0.381. The lowest BCUT2D eigenvalue weighted by Gasteiger charge is -2.31. The van der Waals surface area contributed by atoms with Gasteiger partial charge in [0.05, 0.1) is 22.8 Å². The molecule has 31 heavy (non-hydrogen) atoms. The quantitative estimate of drug-likeness (QED) is 0.580. The summed E-state index contributed by atoms with van der Waals surface area (Å²) in [4.78, 5) is 20.6. The van der Waals surface area contributed by atoms with Gasteiger partial charge in [0.15, 0.2) is 11.5 Å². The summed E-state index contributed by atoms with van der Waals surface area (Å²) >= 11 is 0. The summed E-state index contributed by atoms with van der Waals surface area (Å²) in [5.74, 6) is 0.284. The van der Waals surface area contributed by atoms with Crippen LogP contribution in [0.5, 0.6) is 0 Å². The Balaban J connectivity index is 1.55. The topological polar surface area (TPSA) is 106 Å². The number of piperidine rings is 1. The highest BCUT2D eigenvalue weighted by Gasteiger charge is 2.27. The molecule has 0 amide bonds. The summed E-state index contributed by atoms with van der Waals surface area (Å²) < 4.78 is 32.5. The van der Waals surface area contributed by atoms with Crippen molar-refractivity contribution in [1.29, 1.82) is 0 Å². The maximum Gasteiger partial charge on any atom is 0.309 e. The number of benzene rings is 1. The molecule has 0 aliphatic carbocycles. The fourth-order valence-electron chi connectivity index (χ4n) is 3.67. The Morgan fingerprint density at radius 3 is 2.55 bits per heavy atom. The van der Waals surface area contributed by atoms with Gasteiger partial charge in [0.1, 0.15) is 6.33 Å². The van der Waals surface area contributed by atoms with Crippen LogP contribution in [0.1, 0.15) is 25.3 Å². The van der Waals surface area contributed by atoms with Gasteiger partial charge in [0.2, 0.25) is 0 Å². The maximum absolute atomic E-state index is 13.1. The predicted octanol–water partition coefficient (Wildman–Crippen LogP) is 2.58. The first kappa shape index (κ1) is 21.3. The molecule has 1 fully saturated rings. The predicted molar refractivity (Wildman–Crippen MR) is 116 cm³/mol. The molecule has 1 aliphatic heterocycles. The van der Waals surface area contributed by atoms with E-state index >= 15 is 0 Å². The number of carbonyl (C=O) groups is 1. The van der Waals surface area contributed by atoms with E-state index in [0.29, 0.717) is 49.4 Å². The van der Waals surface area contributed by atoms with Crippen LogP contribution in [0.4, 0.5) is 5.82 Å². The number of ether oxygens (including phenoxy) is 1. The summed E-state index contributed by atoms with van der Waals surface area (Å²) in [6.07, 6.45) is 4.20. The van der Waals surface area contributed by atoms with E-state index in [-0.39, 0.29) is 16.8 Å². The van der Waals surface area contributed by atoms with Crippen molar-refractivity contribution < 1.29 is 17.9 Å². The Morgan fingerprint density at radius 1 is 1.16 bits per heavy atom. The highest BCUT2D eigenvalue weighted by Crippen LogP contribution is 2.26. The molecular weight excluding hydrogens is 418 g/mol. The van der Waals surface area contributed by atoms with Gasteiger partial charge in [-0.05, 0) is 44.9 Å². The fourth-order valence-corrected chi connectivity index (χ4v) is 4.97. The van der Waals surface area contributed by atoms with Gasteiger partial charge in [0.25, 0.3) is 10.0 Å². The molecule has 2 aromatic heterocycles. The Labute approximate surface area is 181 Å². The first-order chi connectivity index (χ1) is 14.9. The van der Waals surface area contributed by atoms with Gasteiger partial charge in [-0.3, -0.25) is 4.79 Å². The number of carbonyl (C=O) groups excluding carboxylic acids is 1. The molecule has 1 saturated heterocycles. The molecule has 0 atom stereocenters. The molecule has 164 valence electrons. The van der Waals surface area contributed by atoms with Crippen molar-refractivity contribution in [3.05, 3.63) is 48.4 Å². The second kappa shape index (κ2) is 8.64.